The van der Waals surface area contributed by atoms with Crippen LogP contribution in [0.25, 0.3) is 0 Å². The monoisotopic (exact) mass is 374 g/mol. The molecule has 2 aromatic carbocycles. The second-order valence-electron chi connectivity index (χ2n) is 7.28. The van der Waals surface area contributed by atoms with Gasteiger partial charge in [-0.3, -0.25) is 9.89 Å². The lowest BCUT2D eigenvalue weighted by Gasteiger charge is -2.43. The van der Waals surface area contributed by atoms with Crippen LogP contribution in [-0.4, -0.2) is 42.2 Å². The largest absolute Gasteiger partial charge is 0.390 e. The first-order chi connectivity index (χ1) is 13.8. The van der Waals surface area contributed by atoms with E-state index in [-0.39, 0.29) is 18.3 Å². The number of nitrogens with zero attached hydrogens (tertiary/aromatic N) is 3. The van der Waals surface area contributed by atoms with Crippen molar-refractivity contribution in [2.75, 3.05) is 13.1 Å². The van der Waals surface area contributed by atoms with E-state index in [9.17, 15) is 0 Å². The van der Waals surface area contributed by atoms with E-state index in [1.165, 1.54) is 11.1 Å². The third kappa shape index (κ3) is 4.49. The van der Waals surface area contributed by atoms with Crippen molar-refractivity contribution in [1.82, 2.24) is 10.2 Å². The number of nitrogens with one attached hydrogen (secondary N) is 1. The van der Waals surface area contributed by atoms with Gasteiger partial charge in [0.05, 0.1) is 11.8 Å². The number of allylic oxidation sites excluding steroid dienone is 1. The predicted molar refractivity (Wildman–Crippen MR) is 113 cm³/mol. The highest BCUT2D eigenvalue weighted by atomic mass is 16.6. The van der Waals surface area contributed by atoms with E-state index in [0.717, 1.165) is 25.2 Å². The maximum absolute atomic E-state index is 5.78. The molecule has 1 N–H and O–H groups in total. The number of aliphatic imine (C=N–C) groups is 1. The first kappa shape index (κ1) is 18.4. The van der Waals surface area contributed by atoms with Gasteiger partial charge in [-0.25, -0.2) is 0 Å². The molecular weight excluding hydrogens is 348 g/mol. The lowest BCUT2D eigenvalue weighted by atomic mass is 9.94. The topological polar surface area (TPSA) is 49.2 Å². The smallest absolute Gasteiger partial charge is 0.152 e. The van der Waals surface area contributed by atoms with E-state index in [2.05, 4.69) is 81.0 Å². The molecule has 0 bridgehead atoms. The lowest BCUT2D eigenvalue weighted by Crippen LogP contribution is -2.53. The third-order valence-corrected chi connectivity index (χ3v) is 5.06. The molecule has 0 aliphatic carbocycles. The van der Waals surface area contributed by atoms with Crippen LogP contribution in [0.15, 0.2) is 83.1 Å². The molecule has 28 heavy (non-hydrogen) atoms. The molecule has 2 aliphatic rings. The lowest BCUT2D eigenvalue weighted by molar-refractivity contribution is -0.0653. The Morgan fingerprint density at radius 1 is 1.11 bits per heavy atom. The minimum absolute atomic E-state index is 0.0516. The van der Waals surface area contributed by atoms with Crippen molar-refractivity contribution in [3.05, 3.63) is 84.1 Å². The van der Waals surface area contributed by atoms with Crippen LogP contribution < -0.4 is 5.32 Å². The summed E-state index contributed by atoms with van der Waals surface area (Å²) in [4.78, 5) is 12.6. The Kier molecular flexibility index (Phi) is 5.83. The van der Waals surface area contributed by atoms with Gasteiger partial charge in [-0.15, -0.1) is 0 Å². The molecule has 0 aromatic heterocycles. The van der Waals surface area contributed by atoms with Crippen molar-refractivity contribution in [1.29, 1.82) is 0 Å². The van der Waals surface area contributed by atoms with Crippen molar-refractivity contribution in [2.45, 2.75) is 31.7 Å². The first-order valence-corrected chi connectivity index (χ1v) is 9.77. The summed E-state index contributed by atoms with van der Waals surface area (Å²) < 4.78 is 0. The van der Waals surface area contributed by atoms with Gasteiger partial charge in [0.2, 0.25) is 0 Å². The fourth-order valence-corrected chi connectivity index (χ4v) is 3.63. The summed E-state index contributed by atoms with van der Waals surface area (Å²) in [5.74, 6) is 0. The Labute approximate surface area is 166 Å². The molecule has 4 rings (SSSR count). The molecule has 1 unspecified atom stereocenters. The zero-order valence-corrected chi connectivity index (χ0v) is 16.1. The van der Waals surface area contributed by atoms with Crippen molar-refractivity contribution in [3.8, 4) is 0 Å². The van der Waals surface area contributed by atoms with Crippen LogP contribution in [0.3, 0.4) is 0 Å². The molecule has 0 saturated carbocycles. The van der Waals surface area contributed by atoms with Gasteiger partial charge in [0.1, 0.15) is 6.17 Å². The van der Waals surface area contributed by atoms with Crippen LogP contribution >= 0.6 is 0 Å². The van der Waals surface area contributed by atoms with Gasteiger partial charge in [-0.1, -0.05) is 65.8 Å². The standard InChI is InChI=1S/C23H26N4O/c1-18(15-22-24-13-8-14-25-22)26-28-21-16-27(17-21)23(19-9-4-2-5-10-19)20-11-6-3-7-12-20/h2-14,21-24H,15-17H2,1H3/b26-18+. The summed E-state index contributed by atoms with van der Waals surface area (Å²) in [6.45, 7) is 3.73. The highest BCUT2D eigenvalue weighted by molar-refractivity contribution is 5.82. The molecule has 1 atom stereocenters. The molecule has 1 saturated heterocycles. The number of likely N-dealkylation sites (tertiary alicyclic amines) is 1. The minimum atomic E-state index is 0.0516. The average Bonchev–Trinajstić information content (AvgIpc) is 2.71. The Morgan fingerprint density at radius 3 is 2.32 bits per heavy atom. The summed E-state index contributed by atoms with van der Waals surface area (Å²) in [5.41, 5.74) is 3.56. The second-order valence-corrected chi connectivity index (χ2v) is 7.28. The fourth-order valence-electron chi connectivity index (χ4n) is 3.63. The number of hydrogen-bond acceptors (Lipinski definition) is 5. The van der Waals surface area contributed by atoms with Gasteiger partial charge in [-0.05, 0) is 30.3 Å². The zero-order valence-electron chi connectivity index (χ0n) is 16.1. The van der Waals surface area contributed by atoms with Crippen molar-refractivity contribution in [2.24, 2.45) is 10.1 Å². The minimum Gasteiger partial charge on any atom is -0.390 e. The van der Waals surface area contributed by atoms with E-state index in [1.54, 1.807) is 0 Å². The molecule has 2 aliphatic heterocycles. The second kappa shape index (κ2) is 8.85. The molecule has 0 spiro atoms. The highest BCUT2D eigenvalue weighted by Crippen LogP contribution is 2.33. The van der Waals surface area contributed by atoms with Gasteiger partial charge in [0.25, 0.3) is 0 Å². The third-order valence-electron chi connectivity index (χ3n) is 5.06. The molecule has 2 heterocycles. The quantitative estimate of drug-likeness (QED) is 0.593. The summed E-state index contributed by atoms with van der Waals surface area (Å²) in [6.07, 6.45) is 6.53. The zero-order chi connectivity index (χ0) is 19.2. The molecular formula is C23H26N4O. The molecule has 0 radical (unpaired) electrons. The van der Waals surface area contributed by atoms with Gasteiger partial charge in [0.15, 0.2) is 6.10 Å². The first-order valence-electron chi connectivity index (χ1n) is 9.77. The average molecular weight is 374 g/mol. The van der Waals surface area contributed by atoms with Crippen LogP contribution in [0.2, 0.25) is 0 Å². The van der Waals surface area contributed by atoms with Gasteiger partial charge in [-0.2, -0.15) is 0 Å². The van der Waals surface area contributed by atoms with Crippen LogP contribution in [0.4, 0.5) is 0 Å². The molecule has 5 heteroatoms. The molecule has 144 valence electrons. The van der Waals surface area contributed by atoms with Gasteiger partial charge in [0, 0.05) is 25.7 Å². The predicted octanol–water partition coefficient (Wildman–Crippen LogP) is 3.76. The normalized spacial score (nSPS) is 20.1. The van der Waals surface area contributed by atoms with Gasteiger partial charge >= 0.3 is 0 Å². The van der Waals surface area contributed by atoms with Crippen molar-refractivity contribution < 1.29 is 4.84 Å². The summed E-state index contributed by atoms with van der Waals surface area (Å²) in [7, 11) is 0. The van der Waals surface area contributed by atoms with Crippen LogP contribution in [0, 0.1) is 0 Å². The number of oxime groups is 1. The number of benzene rings is 2. The van der Waals surface area contributed by atoms with Crippen molar-refractivity contribution >= 4 is 11.9 Å². The Morgan fingerprint density at radius 2 is 1.75 bits per heavy atom. The SMILES string of the molecule is C/C(CC1N=CC=CN1)=N\OC1CN(C(c2ccccc2)c2ccccc2)C1. The Balaban J connectivity index is 1.35. The van der Waals surface area contributed by atoms with E-state index >= 15 is 0 Å². The molecule has 5 nitrogen and oxygen atoms in total. The van der Waals surface area contributed by atoms with E-state index in [4.69, 9.17) is 4.84 Å². The molecule has 2 aromatic rings. The van der Waals surface area contributed by atoms with Gasteiger partial charge < -0.3 is 10.2 Å². The highest BCUT2D eigenvalue weighted by Gasteiger charge is 2.35. The summed E-state index contributed by atoms with van der Waals surface area (Å²) in [6, 6.07) is 21.6. The van der Waals surface area contributed by atoms with E-state index < -0.39 is 0 Å². The fraction of sp³-hybridized carbons (Fsp3) is 0.304. The molecule has 0 amide bonds. The maximum atomic E-state index is 5.78. The number of rotatable bonds is 7. The Hall–Kier alpha value is -2.92. The Bertz CT molecular complexity index is 802. The van der Waals surface area contributed by atoms with E-state index in [0.29, 0.717) is 0 Å². The summed E-state index contributed by atoms with van der Waals surface area (Å²) >= 11 is 0. The van der Waals surface area contributed by atoms with Crippen molar-refractivity contribution in [3.63, 3.8) is 0 Å². The summed E-state index contributed by atoms with van der Waals surface area (Å²) in [5, 5.41) is 7.53. The van der Waals surface area contributed by atoms with E-state index in [1.807, 2.05) is 25.4 Å². The van der Waals surface area contributed by atoms with Crippen LogP contribution in [0.1, 0.15) is 30.5 Å². The molecule has 1 fully saturated rings. The van der Waals surface area contributed by atoms with Crippen LogP contribution in [0.5, 0.6) is 0 Å². The van der Waals surface area contributed by atoms with Crippen LogP contribution in [-0.2, 0) is 4.84 Å². The maximum Gasteiger partial charge on any atom is 0.152 e. The number of hydrogen-bond donors (Lipinski definition) is 1.